The zero-order valence-electron chi connectivity index (χ0n) is 11.6. The average Bonchev–Trinajstić information content (AvgIpc) is 2.54. The summed E-state index contributed by atoms with van der Waals surface area (Å²) in [6.07, 6.45) is 0.941. The van der Waals surface area contributed by atoms with Gasteiger partial charge in [0.2, 0.25) is 0 Å². The molecule has 21 heavy (non-hydrogen) atoms. The molecule has 2 rings (SSSR count). The fourth-order valence-corrected chi connectivity index (χ4v) is 2.56. The van der Waals surface area contributed by atoms with Crippen LogP contribution in [-0.4, -0.2) is 19.4 Å². The Morgan fingerprint density at radius 3 is 2.29 bits per heavy atom. The molecule has 4 heteroatoms. The van der Waals surface area contributed by atoms with Crippen LogP contribution in [0.25, 0.3) is 0 Å². The van der Waals surface area contributed by atoms with Gasteiger partial charge in [0.25, 0.3) is 0 Å². The number of aldehydes is 1. The molecule has 0 radical (unpaired) electrons. The number of benzene rings is 2. The Hall–Kier alpha value is -1.94. The molecule has 0 N–H and O–H groups in total. The van der Waals surface area contributed by atoms with Crippen LogP contribution in [0.2, 0.25) is 0 Å². The molecule has 0 aliphatic rings. The Morgan fingerprint density at radius 2 is 1.76 bits per heavy atom. The monoisotopic (exact) mass is 346 g/mol. The van der Waals surface area contributed by atoms with E-state index in [9.17, 15) is 9.59 Å². The van der Waals surface area contributed by atoms with Crippen molar-refractivity contribution in [2.24, 2.45) is 0 Å². The predicted octanol–water partition coefficient (Wildman–Crippen LogP) is 3.30. The molecule has 0 aliphatic heterocycles. The summed E-state index contributed by atoms with van der Waals surface area (Å²) in [7, 11) is 1.30. The molecule has 0 saturated heterocycles. The molecule has 108 valence electrons. The molecule has 2 aromatic rings. The first-order valence-electron chi connectivity index (χ1n) is 6.47. The second-order valence-corrected chi connectivity index (χ2v) is 5.67. The van der Waals surface area contributed by atoms with E-state index in [0.29, 0.717) is 11.8 Å². The molecule has 0 fully saturated rings. The van der Waals surface area contributed by atoms with E-state index in [-0.39, 0.29) is 6.42 Å². The van der Waals surface area contributed by atoms with Gasteiger partial charge in [-0.15, -0.1) is 0 Å². The van der Waals surface area contributed by atoms with Gasteiger partial charge in [-0.05, 0) is 29.7 Å². The van der Waals surface area contributed by atoms with Gasteiger partial charge < -0.3 is 9.53 Å². The number of methoxy groups -OCH3 is 1. The van der Waals surface area contributed by atoms with Crippen LogP contribution in [0, 0.1) is 0 Å². The highest BCUT2D eigenvalue weighted by Gasteiger charge is 2.41. The lowest BCUT2D eigenvalue weighted by Gasteiger charge is -2.25. The molecule has 2 aromatic carbocycles. The molecule has 0 aliphatic carbocycles. The zero-order chi connectivity index (χ0) is 15.3. The molecule has 0 aromatic heterocycles. The van der Waals surface area contributed by atoms with Crippen LogP contribution >= 0.6 is 15.9 Å². The number of halogens is 1. The summed E-state index contributed by atoms with van der Waals surface area (Å²) in [6, 6.07) is 16.5. The first kappa shape index (κ1) is 15.4. The maximum Gasteiger partial charge on any atom is 0.323 e. The highest BCUT2D eigenvalue weighted by atomic mass is 79.9. The van der Waals surface area contributed by atoms with E-state index in [1.807, 2.05) is 30.3 Å². The number of carbonyl (C=O) groups excluding carboxylic acids is 2. The molecule has 0 unspecified atom stereocenters. The predicted molar refractivity (Wildman–Crippen MR) is 84.0 cm³/mol. The zero-order valence-corrected chi connectivity index (χ0v) is 13.2. The largest absolute Gasteiger partial charge is 0.468 e. The lowest BCUT2D eigenvalue weighted by Crippen LogP contribution is -2.40. The van der Waals surface area contributed by atoms with Crippen LogP contribution in [0.5, 0.6) is 0 Å². The van der Waals surface area contributed by atoms with E-state index in [1.165, 1.54) is 7.11 Å². The normalized spacial score (nSPS) is 13.2. The van der Waals surface area contributed by atoms with Crippen molar-refractivity contribution in [3.8, 4) is 0 Å². The lowest BCUT2D eigenvalue weighted by molar-refractivity contribution is -0.149. The van der Waals surface area contributed by atoms with Crippen LogP contribution in [0.1, 0.15) is 11.1 Å². The van der Waals surface area contributed by atoms with Crippen LogP contribution < -0.4 is 0 Å². The van der Waals surface area contributed by atoms with Crippen LogP contribution in [0.4, 0.5) is 0 Å². The van der Waals surface area contributed by atoms with Crippen molar-refractivity contribution in [2.45, 2.75) is 11.8 Å². The van der Waals surface area contributed by atoms with E-state index in [1.54, 1.807) is 24.3 Å². The van der Waals surface area contributed by atoms with Crippen LogP contribution in [0.15, 0.2) is 59.1 Å². The third-order valence-corrected chi connectivity index (χ3v) is 3.96. The van der Waals surface area contributed by atoms with E-state index < -0.39 is 11.4 Å². The first-order chi connectivity index (χ1) is 10.1. The number of carbonyl (C=O) groups is 2. The highest BCUT2D eigenvalue weighted by Crippen LogP contribution is 2.29. The van der Waals surface area contributed by atoms with Gasteiger partial charge in [0, 0.05) is 4.47 Å². The second-order valence-electron chi connectivity index (χ2n) is 4.75. The van der Waals surface area contributed by atoms with Gasteiger partial charge in [-0.25, -0.2) is 0 Å². The third kappa shape index (κ3) is 3.22. The van der Waals surface area contributed by atoms with Crippen molar-refractivity contribution in [3.63, 3.8) is 0 Å². The minimum Gasteiger partial charge on any atom is -0.468 e. The summed E-state index contributed by atoms with van der Waals surface area (Å²) in [5.74, 6) is -0.549. The summed E-state index contributed by atoms with van der Waals surface area (Å²) >= 11 is 3.37. The maximum absolute atomic E-state index is 12.3. The van der Waals surface area contributed by atoms with Crippen LogP contribution in [-0.2, 0) is 26.2 Å². The van der Waals surface area contributed by atoms with Gasteiger partial charge in [0.05, 0.1) is 7.11 Å². The fraction of sp³-hybridized carbons (Fsp3) is 0.176. The topological polar surface area (TPSA) is 43.4 Å². The minimum atomic E-state index is -1.32. The Balaban J connectivity index is 2.47. The van der Waals surface area contributed by atoms with Gasteiger partial charge in [-0.2, -0.15) is 0 Å². The quantitative estimate of drug-likeness (QED) is 0.474. The summed E-state index contributed by atoms with van der Waals surface area (Å²) < 4.78 is 5.82. The Labute approximate surface area is 132 Å². The van der Waals surface area contributed by atoms with Crippen molar-refractivity contribution in [2.75, 3.05) is 7.11 Å². The van der Waals surface area contributed by atoms with Crippen molar-refractivity contribution < 1.29 is 14.3 Å². The SMILES string of the molecule is COC(=O)[C@](C=O)(Cc1ccc(Br)cc1)c1ccccc1. The summed E-state index contributed by atoms with van der Waals surface area (Å²) in [5.41, 5.74) is 0.207. The second kappa shape index (κ2) is 6.68. The molecule has 1 atom stereocenters. The number of hydrogen-bond donors (Lipinski definition) is 0. The van der Waals surface area contributed by atoms with Crippen molar-refractivity contribution >= 4 is 28.2 Å². The van der Waals surface area contributed by atoms with Gasteiger partial charge in [-0.1, -0.05) is 58.4 Å². The van der Waals surface area contributed by atoms with E-state index in [0.717, 1.165) is 10.0 Å². The highest BCUT2D eigenvalue weighted by molar-refractivity contribution is 9.10. The Bertz CT molecular complexity index is 622. The molecule has 0 heterocycles. The summed E-state index contributed by atoms with van der Waals surface area (Å²) in [5, 5.41) is 0. The average molecular weight is 347 g/mol. The maximum atomic E-state index is 12.3. The molecule has 3 nitrogen and oxygen atoms in total. The summed E-state index contributed by atoms with van der Waals surface area (Å²) in [4.78, 5) is 24.1. The van der Waals surface area contributed by atoms with E-state index in [2.05, 4.69) is 15.9 Å². The number of hydrogen-bond acceptors (Lipinski definition) is 3. The lowest BCUT2D eigenvalue weighted by atomic mass is 9.77. The van der Waals surface area contributed by atoms with Crippen molar-refractivity contribution in [1.29, 1.82) is 0 Å². The third-order valence-electron chi connectivity index (χ3n) is 3.44. The van der Waals surface area contributed by atoms with E-state index >= 15 is 0 Å². The van der Waals surface area contributed by atoms with Gasteiger partial charge in [0.1, 0.15) is 6.29 Å². The minimum absolute atomic E-state index is 0.264. The van der Waals surface area contributed by atoms with Crippen LogP contribution in [0.3, 0.4) is 0 Å². The number of ether oxygens (including phenoxy) is 1. The molecule has 0 bridgehead atoms. The standard InChI is InChI=1S/C17H15BrO3/c1-21-16(20)17(12-19,14-5-3-2-4-6-14)11-13-7-9-15(18)10-8-13/h2-10,12H,11H2,1H3/t17-/m0/s1. The van der Waals surface area contributed by atoms with Gasteiger partial charge in [-0.3, -0.25) is 4.79 Å². The van der Waals surface area contributed by atoms with Crippen molar-refractivity contribution in [1.82, 2.24) is 0 Å². The fourth-order valence-electron chi connectivity index (χ4n) is 2.29. The van der Waals surface area contributed by atoms with Crippen molar-refractivity contribution in [3.05, 3.63) is 70.2 Å². The van der Waals surface area contributed by atoms with E-state index in [4.69, 9.17) is 4.74 Å². The smallest absolute Gasteiger partial charge is 0.323 e. The van der Waals surface area contributed by atoms with Gasteiger partial charge >= 0.3 is 5.97 Å². The molecular weight excluding hydrogens is 332 g/mol. The number of rotatable bonds is 5. The Kier molecular flexibility index (Phi) is 4.91. The molecular formula is C17H15BrO3. The molecule has 0 spiro atoms. The molecule has 0 saturated carbocycles. The van der Waals surface area contributed by atoms with Gasteiger partial charge in [0.15, 0.2) is 5.41 Å². The number of esters is 1. The first-order valence-corrected chi connectivity index (χ1v) is 7.26. The Morgan fingerprint density at radius 1 is 1.14 bits per heavy atom. The summed E-state index contributed by atoms with van der Waals surface area (Å²) in [6.45, 7) is 0. The molecule has 0 amide bonds.